The van der Waals surface area contributed by atoms with Crippen LogP contribution in [0.5, 0.6) is 0 Å². The summed E-state index contributed by atoms with van der Waals surface area (Å²) >= 11 is 0. The van der Waals surface area contributed by atoms with E-state index in [1.54, 1.807) is 0 Å². The zero-order valence-corrected chi connectivity index (χ0v) is 5.81. The number of rotatable bonds is 0. The molecule has 6 heavy (non-hydrogen) atoms. The lowest BCUT2D eigenvalue weighted by atomic mass is 10.8. The van der Waals surface area contributed by atoms with Crippen LogP contribution >= 0.6 is 21.6 Å². The molecular formula is C3H4S2Si. The van der Waals surface area contributed by atoms with Gasteiger partial charge in [-0.2, -0.15) is 0 Å². The van der Waals surface area contributed by atoms with Gasteiger partial charge in [-0.15, -0.1) is 0 Å². The molecule has 1 heterocycles. The van der Waals surface area contributed by atoms with Crippen LogP contribution in [-0.4, -0.2) is 16.7 Å². The Morgan fingerprint density at radius 1 is 1.50 bits per heavy atom. The molecule has 0 amide bonds. The largest absolute Gasteiger partial charge is 0.0854 e. The molecule has 0 N–H and O–H groups in total. The van der Waals surface area contributed by atoms with E-state index in [0.717, 1.165) is 0 Å². The van der Waals surface area contributed by atoms with E-state index in [9.17, 15) is 0 Å². The second kappa shape index (κ2) is 3.83. The minimum atomic E-state index is 0. The van der Waals surface area contributed by atoms with Crippen molar-refractivity contribution in [3.63, 3.8) is 0 Å². The van der Waals surface area contributed by atoms with E-state index < -0.39 is 0 Å². The Hall–Kier alpha value is 0.657. The second-order valence-corrected chi connectivity index (χ2v) is 3.07. The maximum atomic E-state index is 2.16. The van der Waals surface area contributed by atoms with Crippen molar-refractivity contribution in [1.82, 2.24) is 0 Å². The second-order valence-electron chi connectivity index (χ2n) is 0.753. The molecule has 1 rings (SSSR count). The molecule has 32 valence electrons. The highest BCUT2D eigenvalue weighted by Gasteiger charge is 1.85. The first kappa shape index (κ1) is 6.66. The maximum Gasteiger partial charge on any atom is 0.0229 e. The fourth-order valence-corrected chi connectivity index (χ4v) is 1.77. The fraction of sp³-hybridized carbons (Fsp3) is 0.333. The van der Waals surface area contributed by atoms with Crippen LogP contribution in [0.15, 0.2) is 11.5 Å². The zero-order valence-electron chi connectivity index (χ0n) is 3.18. The first-order chi connectivity index (χ1) is 2.50. The van der Waals surface area contributed by atoms with Crippen LogP contribution in [0, 0.1) is 0 Å². The van der Waals surface area contributed by atoms with Crippen molar-refractivity contribution in [2.24, 2.45) is 0 Å². The monoisotopic (exact) mass is 132 g/mol. The molecule has 0 nitrogen and oxygen atoms in total. The van der Waals surface area contributed by atoms with Gasteiger partial charge in [0, 0.05) is 16.7 Å². The van der Waals surface area contributed by atoms with Crippen LogP contribution in [-0.2, 0) is 0 Å². The highest BCUT2D eigenvalue weighted by Crippen LogP contribution is 2.27. The summed E-state index contributed by atoms with van der Waals surface area (Å²) in [5.74, 6) is 1.20. The molecule has 0 aromatic rings. The molecule has 3 heteroatoms. The van der Waals surface area contributed by atoms with E-state index >= 15 is 0 Å². The zero-order chi connectivity index (χ0) is 3.54. The lowest BCUT2D eigenvalue weighted by Gasteiger charge is -1.69. The normalized spacial score (nSPS) is 17.3. The SMILES string of the molecule is C1=CSSC1.[Si]. The van der Waals surface area contributed by atoms with Crippen LogP contribution in [0.4, 0.5) is 0 Å². The van der Waals surface area contributed by atoms with Gasteiger partial charge in [0.2, 0.25) is 0 Å². The maximum absolute atomic E-state index is 2.16. The standard InChI is InChI=1S/C3H4S2.Si/c1-2-4-5-3-1;/h1-2H,3H2;. The van der Waals surface area contributed by atoms with Crippen molar-refractivity contribution in [3.05, 3.63) is 11.5 Å². The van der Waals surface area contributed by atoms with Crippen LogP contribution in [0.25, 0.3) is 0 Å². The third-order valence-corrected chi connectivity index (χ3v) is 2.30. The summed E-state index contributed by atoms with van der Waals surface area (Å²) in [6, 6.07) is 0. The van der Waals surface area contributed by atoms with Gasteiger partial charge in [-0.1, -0.05) is 27.7 Å². The minimum Gasteiger partial charge on any atom is -0.0854 e. The number of hydrogen-bond donors (Lipinski definition) is 0. The van der Waals surface area contributed by atoms with Crippen LogP contribution < -0.4 is 0 Å². The van der Waals surface area contributed by atoms with Crippen molar-refractivity contribution >= 4 is 32.6 Å². The molecule has 0 unspecified atom stereocenters. The topological polar surface area (TPSA) is 0 Å². The Morgan fingerprint density at radius 2 is 2.33 bits per heavy atom. The van der Waals surface area contributed by atoms with E-state index in [0.29, 0.717) is 0 Å². The van der Waals surface area contributed by atoms with Crippen molar-refractivity contribution in [2.45, 2.75) is 0 Å². The van der Waals surface area contributed by atoms with E-state index in [1.807, 2.05) is 21.6 Å². The van der Waals surface area contributed by atoms with E-state index in [2.05, 4.69) is 11.5 Å². The third kappa shape index (κ3) is 1.95. The molecule has 0 saturated heterocycles. The smallest absolute Gasteiger partial charge is 0.0229 e. The highest BCUT2D eigenvalue weighted by molar-refractivity contribution is 8.78. The summed E-state index contributed by atoms with van der Waals surface area (Å²) in [5, 5.41) is 2.12. The van der Waals surface area contributed by atoms with Gasteiger partial charge in [0.25, 0.3) is 0 Å². The van der Waals surface area contributed by atoms with E-state index in [1.165, 1.54) is 5.75 Å². The predicted octanol–water partition coefficient (Wildman–Crippen LogP) is 1.51. The first-order valence-electron chi connectivity index (χ1n) is 1.43. The van der Waals surface area contributed by atoms with Crippen molar-refractivity contribution in [2.75, 3.05) is 5.75 Å². The van der Waals surface area contributed by atoms with Gasteiger partial charge >= 0.3 is 0 Å². The predicted molar refractivity (Wildman–Crippen MR) is 34.9 cm³/mol. The van der Waals surface area contributed by atoms with Crippen LogP contribution in [0.2, 0.25) is 0 Å². The summed E-state index contributed by atoms with van der Waals surface area (Å²) in [6.07, 6.45) is 2.16. The van der Waals surface area contributed by atoms with Crippen LogP contribution in [0.1, 0.15) is 0 Å². The van der Waals surface area contributed by atoms with Crippen LogP contribution in [0.3, 0.4) is 0 Å². The van der Waals surface area contributed by atoms with Gasteiger partial charge < -0.3 is 0 Å². The van der Waals surface area contributed by atoms with Gasteiger partial charge in [0.1, 0.15) is 0 Å². The average Bonchev–Trinajstić information content (AvgIpc) is 1.76. The molecule has 0 aromatic carbocycles. The third-order valence-electron chi connectivity index (χ3n) is 0.384. The molecule has 0 aromatic heterocycles. The summed E-state index contributed by atoms with van der Waals surface area (Å²) in [5.41, 5.74) is 0. The van der Waals surface area contributed by atoms with Gasteiger partial charge in [0.15, 0.2) is 0 Å². The van der Waals surface area contributed by atoms with Crippen molar-refractivity contribution in [3.8, 4) is 0 Å². The lowest BCUT2D eigenvalue weighted by Crippen LogP contribution is -1.46. The van der Waals surface area contributed by atoms with E-state index in [-0.39, 0.29) is 11.0 Å². The molecule has 0 fully saturated rings. The Balaban J connectivity index is 0.000000250. The molecular weight excluding hydrogens is 128 g/mol. The highest BCUT2D eigenvalue weighted by atomic mass is 33.1. The number of hydrogen-bond acceptors (Lipinski definition) is 2. The summed E-state index contributed by atoms with van der Waals surface area (Å²) < 4.78 is 0. The summed E-state index contributed by atoms with van der Waals surface area (Å²) in [4.78, 5) is 0. The Labute approximate surface area is 50.2 Å². The fourth-order valence-electron chi connectivity index (χ4n) is 0.196. The van der Waals surface area contributed by atoms with Gasteiger partial charge in [-0.05, 0) is 5.41 Å². The summed E-state index contributed by atoms with van der Waals surface area (Å²) in [6.45, 7) is 0. The Morgan fingerprint density at radius 3 is 2.50 bits per heavy atom. The van der Waals surface area contributed by atoms with E-state index in [4.69, 9.17) is 0 Å². The molecule has 0 atom stereocenters. The molecule has 4 radical (unpaired) electrons. The van der Waals surface area contributed by atoms with Gasteiger partial charge in [-0.25, -0.2) is 0 Å². The average molecular weight is 132 g/mol. The molecule has 0 saturated carbocycles. The van der Waals surface area contributed by atoms with Crippen molar-refractivity contribution < 1.29 is 0 Å². The Kier molecular flexibility index (Phi) is 4.25. The molecule has 0 aliphatic carbocycles. The first-order valence-corrected chi connectivity index (χ1v) is 3.81. The summed E-state index contributed by atoms with van der Waals surface area (Å²) in [7, 11) is 3.69. The Bertz CT molecular complexity index is 46.8. The minimum absolute atomic E-state index is 0. The molecule has 1 aliphatic heterocycles. The molecule has 0 spiro atoms. The van der Waals surface area contributed by atoms with Crippen molar-refractivity contribution in [1.29, 1.82) is 0 Å². The van der Waals surface area contributed by atoms with Gasteiger partial charge in [-0.3, -0.25) is 0 Å². The molecule has 0 bridgehead atoms. The molecule has 1 aliphatic rings. The quantitative estimate of drug-likeness (QED) is 0.362. The lowest BCUT2D eigenvalue weighted by molar-refractivity contribution is 1.85. The van der Waals surface area contributed by atoms with Gasteiger partial charge in [0.05, 0.1) is 0 Å².